The second kappa shape index (κ2) is 7.18. The lowest BCUT2D eigenvalue weighted by Crippen LogP contribution is -2.21. The molecule has 0 bridgehead atoms. The van der Waals surface area contributed by atoms with Gasteiger partial charge in [0.2, 0.25) is 0 Å². The van der Waals surface area contributed by atoms with Gasteiger partial charge in [-0.15, -0.1) is 0 Å². The van der Waals surface area contributed by atoms with Crippen LogP contribution in [0.15, 0.2) is 42.0 Å². The van der Waals surface area contributed by atoms with Crippen LogP contribution in [0.1, 0.15) is 55.8 Å². The fraction of sp³-hybridized carbons (Fsp3) is 0.444. The maximum Gasteiger partial charge on any atom is 0.173 e. The number of carbonyl (C=O) groups excluding carboxylic acids is 2. The van der Waals surface area contributed by atoms with Crippen molar-refractivity contribution in [3.8, 4) is 0 Å². The number of rotatable bonds is 5. The minimum atomic E-state index is -0.521. The Morgan fingerprint density at radius 3 is 2.35 bits per heavy atom. The van der Waals surface area contributed by atoms with E-state index in [1.54, 1.807) is 12.1 Å². The molecule has 1 atom stereocenters. The number of Topliss-reactive ketones (excluding diaryl/α,β-unsaturated/α-hetero) is 2. The first-order valence-corrected chi connectivity index (χ1v) is 7.46. The molecule has 1 saturated carbocycles. The third-order valence-electron chi connectivity index (χ3n) is 4.00. The summed E-state index contributed by atoms with van der Waals surface area (Å²) in [6, 6.07) is 9.12. The van der Waals surface area contributed by atoms with Crippen molar-refractivity contribution < 1.29 is 9.59 Å². The van der Waals surface area contributed by atoms with E-state index < -0.39 is 5.92 Å². The van der Waals surface area contributed by atoms with Crippen LogP contribution in [0.4, 0.5) is 0 Å². The number of ketones is 2. The molecule has 20 heavy (non-hydrogen) atoms. The van der Waals surface area contributed by atoms with E-state index in [9.17, 15) is 9.59 Å². The normalized spacial score (nSPS) is 16.6. The smallest absolute Gasteiger partial charge is 0.173 e. The van der Waals surface area contributed by atoms with E-state index in [0.717, 1.165) is 12.8 Å². The van der Waals surface area contributed by atoms with Gasteiger partial charge >= 0.3 is 0 Å². The average Bonchev–Trinajstić information content (AvgIpc) is 2.49. The van der Waals surface area contributed by atoms with Gasteiger partial charge in [0.1, 0.15) is 5.78 Å². The first-order chi connectivity index (χ1) is 9.68. The van der Waals surface area contributed by atoms with Gasteiger partial charge in [-0.3, -0.25) is 9.59 Å². The van der Waals surface area contributed by atoms with Crippen molar-refractivity contribution in [1.82, 2.24) is 0 Å². The molecule has 106 valence electrons. The molecule has 0 saturated heterocycles. The summed E-state index contributed by atoms with van der Waals surface area (Å²) < 4.78 is 0. The van der Waals surface area contributed by atoms with Crippen LogP contribution in [0.25, 0.3) is 0 Å². The molecule has 0 heterocycles. The minimum Gasteiger partial charge on any atom is -0.299 e. The van der Waals surface area contributed by atoms with Crippen LogP contribution < -0.4 is 0 Å². The van der Waals surface area contributed by atoms with Gasteiger partial charge < -0.3 is 0 Å². The Morgan fingerprint density at radius 1 is 1.10 bits per heavy atom. The molecule has 2 heteroatoms. The summed E-state index contributed by atoms with van der Waals surface area (Å²) in [5, 5.41) is 0. The first-order valence-electron chi connectivity index (χ1n) is 7.46. The molecule has 2 rings (SSSR count). The van der Waals surface area contributed by atoms with E-state index in [1.807, 2.05) is 18.2 Å². The van der Waals surface area contributed by atoms with E-state index in [2.05, 4.69) is 6.08 Å². The molecular weight excluding hydrogens is 248 g/mol. The summed E-state index contributed by atoms with van der Waals surface area (Å²) in [4.78, 5) is 24.2. The highest BCUT2D eigenvalue weighted by molar-refractivity contribution is 6.10. The summed E-state index contributed by atoms with van der Waals surface area (Å²) in [6.07, 6.45) is 8.72. The molecule has 2 nitrogen and oxygen atoms in total. The number of benzene rings is 1. The molecule has 0 aliphatic heterocycles. The van der Waals surface area contributed by atoms with E-state index in [1.165, 1.54) is 31.8 Å². The molecule has 1 unspecified atom stereocenters. The molecular formula is C18H22O2. The number of hydrogen-bond donors (Lipinski definition) is 0. The van der Waals surface area contributed by atoms with Crippen LogP contribution in [-0.2, 0) is 4.79 Å². The Labute approximate surface area is 120 Å². The quantitative estimate of drug-likeness (QED) is 0.452. The van der Waals surface area contributed by atoms with Crippen LogP contribution in [0.5, 0.6) is 0 Å². The highest BCUT2D eigenvalue weighted by atomic mass is 16.1. The third-order valence-corrected chi connectivity index (χ3v) is 4.00. The Bertz CT molecular complexity index is 491. The molecule has 1 aromatic carbocycles. The lowest BCUT2D eigenvalue weighted by molar-refractivity contribution is -0.119. The van der Waals surface area contributed by atoms with Crippen LogP contribution in [0, 0.1) is 5.92 Å². The van der Waals surface area contributed by atoms with Gasteiger partial charge in [0.25, 0.3) is 0 Å². The Hall–Kier alpha value is -1.70. The summed E-state index contributed by atoms with van der Waals surface area (Å²) >= 11 is 0. The van der Waals surface area contributed by atoms with Gasteiger partial charge in [0.15, 0.2) is 5.78 Å². The van der Waals surface area contributed by atoms with Crippen molar-refractivity contribution in [3.05, 3.63) is 47.5 Å². The summed E-state index contributed by atoms with van der Waals surface area (Å²) in [5.74, 6) is -0.607. The SMILES string of the molecule is CC(=O)C(CC=C1CCCCC1)C(=O)c1ccccc1. The third kappa shape index (κ3) is 3.89. The molecule has 0 radical (unpaired) electrons. The standard InChI is InChI=1S/C18H22O2/c1-14(19)17(13-12-15-8-4-2-5-9-15)18(20)16-10-6-3-7-11-16/h3,6-7,10-12,17H,2,4-5,8-9,13H2,1H3. The van der Waals surface area contributed by atoms with Crippen molar-refractivity contribution in [2.45, 2.75) is 45.4 Å². The number of carbonyl (C=O) groups is 2. The highest BCUT2D eigenvalue weighted by Gasteiger charge is 2.23. The van der Waals surface area contributed by atoms with Crippen molar-refractivity contribution in [2.75, 3.05) is 0 Å². The van der Waals surface area contributed by atoms with Crippen molar-refractivity contribution in [1.29, 1.82) is 0 Å². The Balaban J connectivity index is 2.07. The molecule has 0 N–H and O–H groups in total. The largest absolute Gasteiger partial charge is 0.299 e. The fourth-order valence-electron chi connectivity index (χ4n) is 2.76. The molecule has 0 amide bonds. The number of allylic oxidation sites excluding steroid dienone is 2. The highest BCUT2D eigenvalue weighted by Crippen LogP contribution is 2.24. The van der Waals surface area contributed by atoms with Gasteiger partial charge in [-0.2, -0.15) is 0 Å². The van der Waals surface area contributed by atoms with Crippen LogP contribution in [0.3, 0.4) is 0 Å². The second-order valence-corrected chi connectivity index (χ2v) is 5.55. The predicted molar refractivity (Wildman–Crippen MR) is 80.7 cm³/mol. The summed E-state index contributed by atoms with van der Waals surface area (Å²) in [6.45, 7) is 1.52. The second-order valence-electron chi connectivity index (χ2n) is 5.55. The van der Waals surface area contributed by atoms with E-state index in [4.69, 9.17) is 0 Å². The first kappa shape index (κ1) is 14.7. The topological polar surface area (TPSA) is 34.1 Å². The zero-order valence-corrected chi connectivity index (χ0v) is 12.1. The van der Waals surface area contributed by atoms with Gasteiger partial charge in [0, 0.05) is 5.56 Å². The summed E-state index contributed by atoms with van der Waals surface area (Å²) in [5.41, 5.74) is 2.05. The minimum absolute atomic E-state index is 0.0356. The van der Waals surface area contributed by atoms with E-state index in [0.29, 0.717) is 12.0 Å². The number of hydrogen-bond acceptors (Lipinski definition) is 2. The molecule has 0 spiro atoms. The maximum absolute atomic E-state index is 12.4. The van der Waals surface area contributed by atoms with E-state index in [-0.39, 0.29) is 11.6 Å². The van der Waals surface area contributed by atoms with Crippen LogP contribution in [0.2, 0.25) is 0 Å². The zero-order chi connectivity index (χ0) is 14.4. The fourth-order valence-corrected chi connectivity index (χ4v) is 2.76. The Kier molecular flexibility index (Phi) is 5.28. The van der Waals surface area contributed by atoms with Crippen LogP contribution >= 0.6 is 0 Å². The lowest BCUT2D eigenvalue weighted by Gasteiger charge is -2.15. The van der Waals surface area contributed by atoms with Crippen LogP contribution in [-0.4, -0.2) is 11.6 Å². The van der Waals surface area contributed by atoms with Crippen molar-refractivity contribution in [3.63, 3.8) is 0 Å². The molecule has 1 aliphatic rings. The predicted octanol–water partition coefficient (Wildman–Crippen LogP) is 4.36. The Morgan fingerprint density at radius 2 is 1.75 bits per heavy atom. The zero-order valence-electron chi connectivity index (χ0n) is 12.1. The lowest BCUT2D eigenvalue weighted by atomic mass is 9.88. The van der Waals surface area contributed by atoms with Crippen molar-refractivity contribution >= 4 is 11.6 Å². The molecule has 1 fully saturated rings. The molecule has 0 aromatic heterocycles. The molecule has 1 aromatic rings. The van der Waals surface area contributed by atoms with Gasteiger partial charge in [-0.1, -0.05) is 48.4 Å². The molecule has 1 aliphatic carbocycles. The van der Waals surface area contributed by atoms with Gasteiger partial charge in [-0.05, 0) is 39.0 Å². The van der Waals surface area contributed by atoms with Gasteiger partial charge in [-0.25, -0.2) is 0 Å². The maximum atomic E-state index is 12.4. The van der Waals surface area contributed by atoms with Crippen molar-refractivity contribution in [2.24, 2.45) is 5.92 Å². The average molecular weight is 270 g/mol. The monoisotopic (exact) mass is 270 g/mol. The summed E-state index contributed by atoms with van der Waals surface area (Å²) in [7, 11) is 0. The van der Waals surface area contributed by atoms with E-state index >= 15 is 0 Å². The van der Waals surface area contributed by atoms with Gasteiger partial charge in [0.05, 0.1) is 5.92 Å².